The smallest absolute Gasteiger partial charge is 0.490 e. The summed E-state index contributed by atoms with van der Waals surface area (Å²) in [5.41, 5.74) is 0.325. The SMILES string of the molecule is COc1ccc(CNC(=O)C2Cn3ccnc3C3(CCN(C(=O)N(C)C)CC3)O2)cc1.O=C(O)C(F)(F)F. The van der Waals surface area contributed by atoms with Gasteiger partial charge in [0.2, 0.25) is 0 Å². The average Bonchev–Trinajstić information content (AvgIpc) is 3.37. The summed E-state index contributed by atoms with van der Waals surface area (Å²) in [5.74, 6) is -1.29. The predicted octanol–water partition coefficient (Wildman–Crippen LogP) is 2.21. The van der Waals surface area contributed by atoms with Gasteiger partial charge in [-0.2, -0.15) is 13.2 Å². The Labute approximate surface area is 217 Å². The highest BCUT2D eigenvalue weighted by Gasteiger charge is 2.47. The van der Waals surface area contributed by atoms with Crippen LogP contribution in [-0.2, 0) is 33.0 Å². The highest BCUT2D eigenvalue weighted by Crippen LogP contribution is 2.40. The summed E-state index contributed by atoms with van der Waals surface area (Å²) in [5, 5.41) is 10.1. The van der Waals surface area contributed by atoms with Crippen LogP contribution >= 0.6 is 0 Å². The fraction of sp³-hybridized carbons (Fsp3) is 0.500. The summed E-state index contributed by atoms with van der Waals surface area (Å²) in [4.78, 5) is 42.1. The molecular formula is C24H30F3N5O6. The average molecular weight is 542 g/mol. The number of aliphatic carboxylic acids is 1. The Morgan fingerprint density at radius 2 is 1.82 bits per heavy atom. The highest BCUT2D eigenvalue weighted by molar-refractivity contribution is 5.81. The highest BCUT2D eigenvalue weighted by atomic mass is 19.4. The number of carboxylic acid groups (broad SMARTS) is 1. The molecule has 1 aromatic carbocycles. The second-order valence-corrected chi connectivity index (χ2v) is 9.04. The van der Waals surface area contributed by atoms with Gasteiger partial charge in [-0.25, -0.2) is 14.6 Å². The monoisotopic (exact) mass is 541 g/mol. The van der Waals surface area contributed by atoms with E-state index in [-0.39, 0.29) is 11.9 Å². The number of fused-ring (bicyclic) bond motifs is 2. The van der Waals surface area contributed by atoms with Gasteiger partial charge in [-0.05, 0) is 17.7 Å². The number of imidazole rings is 1. The van der Waals surface area contributed by atoms with Crippen molar-refractivity contribution in [2.45, 2.75) is 43.8 Å². The Bertz CT molecular complexity index is 1130. The van der Waals surface area contributed by atoms with Crippen molar-refractivity contribution in [3.8, 4) is 5.75 Å². The van der Waals surface area contributed by atoms with E-state index < -0.39 is 23.9 Å². The lowest BCUT2D eigenvalue weighted by Gasteiger charge is -2.45. The number of carboxylic acids is 1. The van der Waals surface area contributed by atoms with Crippen LogP contribution in [0.4, 0.5) is 18.0 Å². The Morgan fingerprint density at radius 1 is 1.21 bits per heavy atom. The van der Waals surface area contributed by atoms with Crippen LogP contribution in [0, 0.1) is 0 Å². The molecule has 0 bridgehead atoms. The molecule has 14 heteroatoms. The van der Waals surface area contributed by atoms with Crippen LogP contribution < -0.4 is 10.1 Å². The van der Waals surface area contributed by atoms with Crippen molar-refractivity contribution in [1.82, 2.24) is 24.7 Å². The van der Waals surface area contributed by atoms with E-state index in [0.717, 1.165) is 17.1 Å². The second kappa shape index (κ2) is 11.7. The third-order valence-corrected chi connectivity index (χ3v) is 6.24. The van der Waals surface area contributed by atoms with Crippen LogP contribution in [0.1, 0.15) is 24.2 Å². The lowest BCUT2D eigenvalue weighted by Crippen LogP contribution is -2.55. The number of halogens is 3. The molecular weight excluding hydrogens is 511 g/mol. The summed E-state index contributed by atoms with van der Waals surface area (Å²) in [6, 6.07) is 7.58. The van der Waals surface area contributed by atoms with Crippen LogP contribution in [0.3, 0.4) is 0 Å². The number of hydrogen-bond donors (Lipinski definition) is 2. The molecule has 11 nitrogen and oxygen atoms in total. The van der Waals surface area contributed by atoms with E-state index in [2.05, 4.69) is 10.3 Å². The van der Waals surface area contributed by atoms with Crippen molar-refractivity contribution in [3.05, 3.63) is 48.0 Å². The molecule has 0 aliphatic carbocycles. The van der Waals surface area contributed by atoms with Crippen LogP contribution in [-0.4, -0.2) is 88.9 Å². The number of rotatable bonds is 4. The standard InChI is InChI=1S/C22H29N5O4.C2HF3O2/c1-25(2)21(29)26-11-8-22(9-12-26)20-23-10-13-27(20)15-18(31-22)19(28)24-14-16-4-6-17(30-3)7-5-16;3-2(4,5)1(6)7/h4-7,10,13,18H,8-9,11-12,14-15H2,1-3H3,(H,24,28);(H,6,7). The number of urea groups is 1. The largest absolute Gasteiger partial charge is 0.497 e. The lowest BCUT2D eigenvalue weighted by molar-refractivity contribution is -0.192. The first-order valence-corrected chi connectivity index (χ1v) is 11.7. The minimum absolute atomic E-state index is 0.0113. The lowest BCUT2D eigenvalue weighted by atomic mass is 9.88. The van der Waals surface area contributed by atoms with Crippen LogP contribution in [0.15, 0.2) is 36.7 Å². The number of benzene rings is 1. The Kier molecular flexibility index (Phi) is 8.86. The molecule has 1 spiro atoms. The van der Waals surface area contributed by atoms with Gasteiger partial charge in [-0.1, -0.05) is 12.1 Å². The summed E-state index contributed by atoms with van der Waals surface area (Å²) >= 11 is 0. The van der Waals surface area contributed by atoms with E-state index in [1.807, 2.05) is 39.9 Å². The van der Waals surface area contributed by atoms with Crippen molar-refractivity contribution in [3.63, 3.8) is 0 Å². The minimum atomic E-state index is -5.08. The number of alkyl halides is 3. The van der Waals surface area contributed by atoms with E-state index in [1.54, 1.807) is 32.3 Å². The molecule has 1 fully saturated rings. The molecule has 1 saturated heterocycles. The van der Waals surface area contributed by atoms with Crippen molar-refractivity contribution >= 4 is 17.9 Å². The number of amides is 3. The van der Waals surface area contributed by atoms with E-state index in [9.17, 15) is 22.8 Å². The van der Waals surface area contributed by atoms with Gasteiger partial charge < -0.3 is 34.3 Å². The van der Waals surface area contributed by atoms with Gasteiger partial charge in [0.1, 0.15) is 17.2 Å². The molecule has 0 radical (unpaired) electrons. The number of nitrogens with zero attached hydrogens (tertiary/aromatic N) is 4. The van der Waals surface area contributed by atoms with Gasteiger partial charge in [0.15, 0.2) is 6.10 Å². The topological polar surface area (TPSA) is 126 Å². The second-order valence-electron chi connectivity index (χ2n) is 9.04. The molecule has 3 heterocycles. The maximum Gasteiger partial charge on any atom is 0.490 e. The summed E-state index contributed by atoms with van der Waals surface area (Å²) in [7, 11) is 5.12. The van der Waals surface area contributed by atoms with Gasteiger partial charge in [0.25, 0.3) is 5.91 Å². The summed E-state index contributed by atoms with van der Waals surface area (Å²) < 4.78 is 45.3. The third-order valence-electron chi connectivity index (χ3n) is 6.24. The van der Waals surface area contributed by atoms with E-state index >= 15 is 0 Å². The number of carbonyl (C=O) groups excluding carboxylic acids is 2. The number of aromatic nitrogens is 2. The van der Waals surface area contributed by atoms with E-state index in [1.165, 1.54) is 0 Å². The zero-order valence-corrected chi connectivity index (χ0v) is 21.2. The maximum absolute atomic E-state index is 12.9. The Hall–Kier alpha value is -3.81. The third kappa shape index (κ3) is 6.73. The molecule has 2 aliphatic rings. The van der Waals surface area contributed by atoms with Gasteiger partial charge in [-0.3, -0.25) is 4.79 Å². The molecule has 0 saturated carbocycles. The van der Waals surface area contributed by atoms with Crippen molar-refractivity contribution in [2.24, 2.45) is 0 Å². The van der Waals surface area contributed by atoms with Gasteiger partial charge in [-0.15, -0.1) is 0 Å². The molecule has 2 N–H and O–H groups in total. The number of piperidine rings is 1. The number of likely N-dealkylation sites (tertiary alicyclic amines) is 1. The van der Waals surface area contributed by atoms with Crippen molar-refractivity contribution < 1.29 is 42.1 Å². The first kappa shape index (κ1) is 28.8. The molecule has 1 unspecified atom stereocenters. The number of methoxy groups -OCH3 is 1. The van der Waals surface area contributed by atoms with Gasteiger partial charge >= 0.3 is 18.2 Å². The number of nitrogens with one attached hydrogen (secondary N) is 1. The Morgan fingerprint density at radius 3 is 2.34 bits per heavy atom. The van der Waals surface area contributed by atoms with Crippen LogP contribution in [0.5, 0.6) is 5.75 Å². The molecule has 2 aliphatic heterocycles. The van der Waals surface area contributed by atoms with Gasteiger partial charge in [0.05, 0.1) is 13.7 Å². The zero-order valence-electron chi connectivity index (χ0n) is 21.2. The fourth-order valence-corrected chi connectivity index (χ4v) is 4.26. The first-order valence-electron chi connectivity index (χ1n) is 11.7. The fourth-order valence-electron chi connectivity index (χ4n) is 4.26. The molecule has 1 aromatic heterocycles. The van der Waals surface area contributed by atoms with Crippen molar-refractivity contribution in [2.75, 3.05) is 34.3 Å². The molecule has 38 heavy (non-hydrogen) atoms. The predicted molar refractivity (Wildman–Crippen MR) is 127 cm³/mol. The van der Waals surface area contributed by atoms with E-state index in [0.29, 0.717) is 39.0 Å². The molecule has 1 atom stereocenters. The number of ether oxygens (including phenoxy) is 2. The van der Waals surface area contributed by atoms with Crippen LogP contribution in [0.2, 0.25) is 0 Å². The zero-order chi connectivity index (χ0) is 28.1. The molecule has 3 amide bonds. The first-order chi connectivity index (χ1) is 17.9. The summed E-state index contributed by atoms with van der Waals surface area (Å²) in [6.45, 7) is 1.96. The molecule has 2 aromatic rings. The normalized spacial score (nSPS) is 18.1. The minimum Gasteiger partial charge on any atom is -0.497 e. The quantitative estimate of drug-likeness (QED) is 0.608. The molecule has 208 valence electrons. The van der Waals surface area contributed by atoms with E-state index in [4.69, 9.17) is 19.4 Å². The van der Waals surface area contributed by atoms with Crippen molar-refractivity contribution in [1.29, 1.82) is 0 Å². The van der Waals surface area contributed by atoms with Crippen LogP contribution in [0.25, 0.3) is 0 Å². The molecule has 4 rings (SSSR count). The number of carbonyl (C=O) groups is 3. The Balaban J connectivity index is 0.000000505. The van der Waals surface area contributed by atoms with Gasteiger partial charge in [0, 0.05) is 59.0 Å². The maximum atomic E-state index is 12.9. The number of hydrogen-bond acceptors (Lipinski definition) is 6. The summed E-state index contributed by atoms with van der Waals surface area (Å²) in [6.07, 6.45) is -0.857.